The molecule has 9 nitrogen and oxygen atoms in total. The maximum atomic E-state index is 14.3. The number of hydrogen-bond donors (Lipinski definition) is 2. The Morgan fingerprint density at radius 1 is 0.868 bits per heavy atom. The molecule has 5 rings (SSSR count). The predicted octanol–water partition coefficient (Wildman–Crippen LogP) is 4.70. The minimum Gasteiger partial charge on any atom is -0.343 e. The number of hydrogen-bond acceptors (Lipinski definition) is 6. The number of rotatable bonds is 7. The summed E-state index contributed by atoms with van der Waals surface area (Å²) in [6.07, 6.45) is 4.62. The Balaban J connectivity index is 1.44. The van der Waals surface area contributed by atoms with E-state index < -0.39 is 17.6 Å². The van der Waals surface area contributed by atoms with Gasteiger partial charge in [0.1, 0.15) is 23.2 Å². The zero-order valence-corrected chi connectivity index (χ0v) is 20.4. The smallest absolute Gasteiger partial charge is 0.272 e. The average Bonchev–Trinajstić information content (AvgIpc) is 3.37. The summed E-state index contributed by atoms with van der Waals surface area (Å²) in [7, 11) is 0. The van der Waals surface area contributed by atoms with Crippen LogP contribution in [-0.4, -0.2) is 36.5 Å². The van der Waals surface area contributed by atoms with Crippen molar-refractivity contribution in [2.75, 3.05) is 5.32 Å². The van der Waals surface area contributed by atoms with Crippen molar-refractivity contribution >= 4 is 29.2 Å². The summed E-state index contributed by atoms with van der Waals surface area (Å²) in [6, 6.07) is 19.4. The molecule has 0 spiro atoms. The van der Waals surface area contributed by atoms with Crippen LogP contribution >= 0.6 is 11.6 Å². The SMILES string of the molecule is O=C(NCc1ncccn1)c1cc(NC(=O)c2cc(-c3ncccc3F)ccc2Cl)n(-c2ccccc2)n1. The van der Waals surface area contributed by atoms with Gasteiger partial charge in [0, 0.05) is 30.2 Å². The van der Waals surface area contributed by atoms with E-state index in [1.165, 1.54) is 41.2 Å². The number of aromatic nitrogens is 5. The number of para-hydroxylation sites is 1. The highest BCUT2D eigenvalue weighted by atomic mass is 35.5. The molecule has 38 heavy (non-hydrogen) atoms. The molecule has 3 aromatic heterocycles. The zero-order valence-electron chi connectivity index (χ0n) is 19.7. The van der Waals surface area contributed by atoms with Crippen LogP contribution in [-0.2, 0) is 6.54 Å². The standard InChI is InChI=1S/C27H19ClFN7O2/c28-20-10-9-17(25-21(29)8-4-11-32-25)14-19(20)26(37)34-24-15-22(35-36(24)18-6-2-1-3-7-18)27(38)33-16-23-30-12-5-13-31-23/h1-15H,16H2,(H,33,38)(H,34,37). The van der Waals surface area contributed by atoms with Gasteiger partial charge in [0.15, 0.2) is 5.69 Å². The van der Waals surface area contributed by atoms with Crippen LogP contribution < -0.4 is 10.6 Å². The molecular formula is C27H19ClFN7O2. The second kappa shape index (κ2) is 11.0. The van der Waals surface area contributed by atoms with Crippen LogP contribution in [0.4, 0.5) is 10.2 Å². The first-order valence-corrected chi connectivity index (χ1v) is 11.8. The Kier molecular flexibility index (Phi) is 7.14. The van der Waals surface area contributed by atoms with E-state index in [0.717, 1.165) is 0 Å². The third-order valence-electron chi connectivity index (χ3n) is 5.45. The molecule has 0 radical (unpaired) electrons. The Bertz CT molecular complexity index is 1610. The molecule has 0 bridgehead atoms. The number of benzene rings is 2. The summed E-state index contributed by atoms with van der Waals surface area (Å²) >= 11 is 6.32. The van der Waals surface area contributed by atoms with Crippen LogP contribution in [0.3, 0.4) is 0 Å². The van der Waals surface area contributed by atoms with Gasteiger partial charge in [-0.25, -0.2) is 19.0 Å². The topological polar surface area (TPSA) is 115 Å². The van der Waals surface area contributed by atoms with Gasteiger partial charge >= 0.3 is 0 Å². The van der Waals surface area contributed by atoms with Gasteiger partial charge in [-0.1, -0.05) is 35.9 Å². The van der Waals surface area contributed by atoms with Crippen LogP contribution in [0.1, 0.15) is 26.7 Å². The molecule has 188 valence electrons. The fourth-order valence-corrected chi connectivity index (χ4v) is 3.85. The molecule has 11 heteroatoms. The highest BCUT2D eigenvalue weighted by Gasteiger charge is 2.20. The monoisotopic (exact) mass is 527 g/mol. The van der Waals surface area contributed by atoms with E-state index in [9.17, 15) is 14.0 Å². The molecule has 0 fully saturated rings. The molecule has 0 unspecified atom stereocenters. The van der Waals surface area contributed by atoms with Crippen molar-refractivity contribution in [2.24, 2.45) is 0 Å². The Labute approximate surface area is 221 Å². The number of carbonyl (C=O) groups excluding carboxylic acids is 2. The molecule has 0 aliphatic carbocycles. The molecule has 0 atom stereocenters. The summed E-state index contributed by atoms with van der Waals surface area (Å²) in [5.74, 6) is -0.911. The molecule has 2 aromatic carbocycles. The van der Waals surface area contributed by atoms with Crippen LogP contribution in [0.2, 0.25) is 5.02 Å². The van der Waals surface area contributed by atoms with E-state index >= 15 is 0 Å². The third kappa shape index (κ3) is 5.40. The van der Waals surface area contributed by atoms with Gasteiger partial charge in [-0.05, 0) is 42.5 Å². The van der Waals surface area contributed by atoms with Crippen LogP contribution in [0.25, 0.3) is 16.9 Å². The van der Waals surface area contributed by atoms with Gasteiger partial charge in [-0.2, -0.15) is 5.10 Å². The van der Waals surface area contributed by atoms with E-state index in [-0.39, 0.29) is 34.3 Å². The molecule has 0 aliphatic heterocycles. The number of halogens is 2. The molecule has 0 aliphatic rings. The van der Waals surface area contributed by atoms with Gasteiger partial charge in [0.2, 0.25) is 0 Å². The van der Waals surface area contributed by atoms with E-state index in [2.05, 4.69) is 30.7 Å². The maximum Gasteiger partial charge on any atom is 0.272 e. The first-order valence-electron chi connectivity index (χ1n) is 11.4. The molecule has 3 heterocycles. The largest absolute Gasteiger partial charge is 0.343 e. The Morgan fingerprint density at radius 3 is 2.39 bits per heavy atom. The molecule has 2 amide bonds. The maximum absolute atomic E-state index is 14.3. The van der Waals surface area contributed by atoms with Crippen LogP contribution in [0.15, 0.2) is 91.4 Å². The second-order valence-corrected chi connectivity index (χ2v) is 8.40. The van der Waals surface area contributed by atoms with Gasteiger partial charge in [0.25, 0.3) is 11.8 Å². The molecule has 5 aromatic rings. The fourth-order valence-electron chi connectivity index (χ4n) is 3.65. The first kappa shape index (κ1) is 24.7. The lowest BCUT2D eigenvalue weighted by Crippen LogP contribution is -2.24. The van der Waals surface area contributed by atoms with Crippen LogP contribution in [0.5, 0.6) is 0 Å². The van der Waals surface area contributed by atoms with E-state index in [0.29, 0.717) is 17.1 Å². The Morgan fingerprint density at radius 2 is 1.63 bits per heavy atom. The normalized spacial score (nSPS) is 10.7. The van der Waals surface area contributed by atoms with Crippen molar-refractivity contribution in [3.63, 3.8) is 0 Å². The molecule has 2 N–H and O–H groups in total. The van der Waals surface area contributed by atoms with E-state index in [1.807, 2.05) is 6.07 Å². The number of nitrogens with zero attached hydrogens (tertiary/aromatic N) is 5. The fraction of sp³-hybridized carbons (Fsp3) is 0.0370. The second-order valence-electron chi connectivity index (χ2n) is 7.99. The zero-order chi connectivity index (χ0) is 26.5. The number of carbonyl (C=O) groups is 2. The highest BCUT2D eigenvalue weighted by molar-refractivity contribution is 6.34. The number of nitrogens with one attached hydrogen (secondary N) is 2. The van der Waals surface area contributed by atoms with Gasteiger partial charge < -0.3 is 10.6 Å². The number of pyridine rings is 1. The van der Waals surface area contributed by atoms with Crippen molar-refractivity contribution in [1.82, 2.24) is 30.0 Å². The quantitative estimate of drug-likeness (QED) is 0.317. The lowest BCUT2D eigenvalue weighted by Gasteiger charge is -2.11. The summed E-state index contributed by atoms with van der Waals surface area (Å²) in [5, 5.41) is 10.0. The van der Waals surface area contributed by atoms with E-state index in [4.69, 9.17) is 11.6 Å². The summed E-state index contributed by atoms with van der Waals surface area (Å²) < 4.78 is 15.7. The molecular weight excluding hydrogens is 509 g/mol. The predicted molar refractivity (Wildman–Crippen MR) is 139 cm³/mol. The highest BCUT2D eigenvalue weighted by Crippen LogP contribution is 2.27. The third-order valence-corrected chi connectivity index (χ3v) is 5.78. The summed E-state index contributed by atoms with van der Waals surface area (Å²) in [4.78, 5) is 38.4. The van der Waals surface area contributed by atoms with Crippen molar-refractivity contribution in [3.8, 4) is 16.9 Å². The van der Waals surface area contributed by atoms with Gasteiger partial charge in [-0.3, -0.25) is 14.6 Å². The first-order chi connectivity index (χ1) is 18.5. The molecule has 0 saturated heterocycles. The lowest BCUT2D eigenvalue weighted by molar-refractivity contribution is 0.0943. The average molecular weight is 528 g/mol. The van der Waals surface area contributed by atoms with Crippen molar-refractivity contribution in [2.45, 2.75) is 6.54 Å². The van der Waals surface area contributed by atoms with E-state index in [1.54, 1.807) is 48.8 Å². The number of amides is 2. The van der Waals surface area contributed by atoms with Crippen LogP contribution in [0, 0.1) is 5.82 Å². The van der Waals surface area contributed by atoms with Gasteiger partial charge in [0.05, 0.1) is 22.8 Å². The summed E-state index contributed by atoms with van der Waals surface area (Å²) in [6.45, 7) is 0.103. The van der Waals surface area contributed by atoms with Gasteiger partial charge in [-0.15, -0.1) is 0 Å². The van der Waals surface area contributed by atoms with Crippen molar-refractivity contribution in [3.05, 3.63) is 119 Å². The van der Waals surface area contributed by atoms with Crippen molar-refractivity contribution in [1.29, 1.82) is 0 Å². The Hall–Kier alpha value is -4.96. The minimum atomic E-state index is -0.574. The summed E-state index contributed by atoms with van der Waals surface area (Å²) in [5.41, 5.74) is 1.26. The lowest BCUT2D eigenvalue weighted by atomic mass is 10.1. The molecule has 0 saturated carbocycles. The van der Waals surface area contributed by atoms with Crippen molar-refractivity contribution < 1.29 is 14.0 Å². The minimum absolute atomic E-state index is 0.0653. The number of anilines is 1.